The van der Waals surface area contributed by atoms with Gasteiger partial charge in [0.2, 0.25) is 10.0 Å². The van der Waals surface area contributed by atoms with E-state index in [1.807, 2.05) is 25.2 Å². The van der Waals surface area contributed by atoms with E-state index in [-0.39, 0.29) is 4.90 Å². The summed E-state index contributed by atoms with van der Waals surface area (Å²) in [4.78, 5) is 13.7. The fourth-order valence-electron chi connectivity index (χ4n) is 2.50. The van der Waals surface area contributed by atoms with Crippen molar-refractivity contribution in [2.24, 2.45) is 0 Å². The minimum atomic E-state index is -3.59. The molecular weight excluding hydrogens is 352 g/mol. The molecule has 0 saturated carbocycles. The summed E-state index contributed by atoms with van der Waals surface area (Å²) in [6, 6.07) is 15.8. The Bertz CT molecular complexity index is 805. The Kier molecular flexibility index (Phi) is 7.32. The average molecular weight is 376 g/mol. The fraction of sp³-hybridized carbons (Fsp3) is 0.316. The Morgan fingerprint density at radius 2 is 1.73 bits per heavy atom. The number of ether oxygens (including phenoxy) is 1. The van der Waals surface area contributed by atoms with E-state index >= 15 is 0 Å². The van der Waals surface area contributed by atoms with Gasteiger partial charge in [-0.05, 0) is 49.8 Å². The molecule has 0 unspecified atom stereocenters. The number of methoxy groups -OCH3 is 1. The zero-order valence-corrected chi connectivity index (χ0v) is 15.8. The molecule has 0 fully saturated rings. The van der Waals surface area contributed by atoms with Crippen molar-refractivity contribution >= 4 is 16.0 Å². The maximum Gasteiger partial charge on any atom is 0.337 e. The van der Waals surface area contributed by atoms with Crippen molar-refractivity contribution in [3.05, 3.63) is 65.7 Å². The molecule has 0 aromatic heterocycles. The lowest BCUT2D eigenvalue weighted by Crippen LogP contribution is -2.28. The number of esters is 1. The van der Waals surface area contributed by atoms with Crippen molar-refractivity contribution < 1.29 is 17.9 Å². The van der Waals surface area contributed by atoms with Gasteiger partial charge < -0.3 is 9.64 Å². The zero-order chi connectivity index (χ0) is 19.0. The first kappa shape index (κ1) is 20.1. The highest BCUT2D eigenvalue weighted by molar-refractivity contribution is 7.89. The Morgan fingerprint density at radius 1 is 1.08 bits per heavy atom. The molecular formula is C19H24N2O4S. The van der Waals surface area contributed by atoms with Gasteiger partial charge in [0, 0.05) is 13.1 Å². The van der Waals surface area contributed by atoms with Crippen LogP contribution >= 0.6 is 0 Å². The summed E-state index contributed by atoms with van der Waals surface area (Å²) in [7, 11) is -0.299. The van der Waals surface area contributed by atoms with Crippen molar-refractivity contribution in [2.45, 2.75) is 17.9 Å². The molecule has 0 radical (unpaired) electrons. The van der Waals surface area contributed by atoms with Crippen molar-refractivity contribution in [1.82, 2.24) is 9.62 Å². The van der Waals surface area contributed by atoms with Crippen LogP contribution in [0.3, 0.4) is 0 Å². The van der Waals surface area contributed by atoms with E-state index in [1.165, 1.54) is 36.9 Å². The molecule has 2 rings (SSSR count). The maximum absolute atomic E-state index is 12.3. The van der Waals surface area contributed by atoms with Crippen LogP contribution in [0.5, 0.6) is 0 Å². The summed E-state index contributed by atoms with van der Waals surface area (Å²) >= 11 is 0. The van der Waals surface area contributed by atoms with Crippen molar-refractivity contribution in [1.29, 1.82) is 0 Å². The van der Waals surface area contributed by atoms with Crippen LogP contribution in [0.15, 0.2) is 59.5 Å². The predicted octanol–water partition coefficient (Wildman–Crippen LogP) is 2.27. The quantitative estimate of drug-likeness (QED) is 0.537. The van der Waals surface area contributed by atoms with E-state index in [9.17, 15) is 13.2 Å². The SMILES string of the molecule is COC(=O)c1ccc(S(=O)(=O)NCCCN(C)Cc2ccccc2)cc1. The van der Waals surface area contributed by atoms with Gasteiger partial charge in [-0.25, -0.2) is 17.9 Å². The van der Waals surface area contributed by atoms with Gasteiger partial charge in [0.15, 0.2) is 0 Å². The largest absolute Gasteiger partial charge is 0.465 e. The minimum Gasteiger partial charge on any atom is -0.465 e. The average Bonchev–Trinajstić information content (AvgIpc) is 2.65. The molecule has 0 heterocycles. The molecule has 0 amide bonds. The Balaban J connectivity index is 1.80. The van der Waals surface area contributed by atoms with Gasteiger partial charge >= 0.3 is 5.97 Å². The van der Waals surface area contributed by atoms with Crippen LogP contribution in [0.2, 0.25) is 0 Å². The van der Waals surface area contributed by atoms with Gasteiger partial charge in [-0.3, -0.25) is 0 Å². The first-order valence-corrected chi connectivity index (χ1v) is 9.81. The second-order valence-corrected chi connectivity index (χ2v) is 7.76. The molecule has 140 valence electrons. The first-order valence-electron chi connectivity index (χ1n) is 8.33. The number of hydrogen-bond donors (Lipinski definition) is 1. The molecule has 0 saturated heterocycles. The van der Waals surface area contributed by atoms with Gasteiger partial charge in [0.1, 0.15) is 0 Å². The third kappa shape index (κ3) is 5.94. The maximum atomic E-state index is 12.3. The smallest absolute Gasteiger partial charge is 0.337 e. The number of nitrogens with zero attached hydrogens (tertiary/aromatic N) is 1. The summed E-state index contributed by atoms with van der Waals surface area (Å²) < 4.78 is 31.7. The lowest BCUT2D eigenvalue weighted by molar-refractivity contribution is 0.0600. The summed E-state index contributed by atoms with van der Waals surface area (Å²) in [6.45, 7) is 1.95. The van der Waals surface area contributed by atoms with E-state index in [0.29, 0.717) is 18.5 Å². The van der Waals surface area contributed by atoms with Crippen LogP contribution in [0.4, 0.5) is 0 Å². The highest BCUT2D eigenvalue weighted by Gasteiger charge is 2.14. The molecule has 1 N–H and O–H groups in total. The van der Waals surface area contributed by atoms with Crippen molar-refractivity contribution in [3.8, 4) is 0 Å². The van der Waals surface area contributed by atoms with Crippen LogP contribution in [0.1, 0.15) is 22.3 Å². The van der Waals surface area contributed by atoms with E-state index in [4.69, 9.17) is 0 Å². The Hall–Kier alpha value is -2.22. The molecule has 7 heteroatoms. The highest BCUT2D eigenvalue weighted by Crippen LogP contribution is 2.11. The lowest BCUT2D eigenvalue weighted by Gasteiger charge is -2.16. The summed E-state index contributed by atoms with van der Waals surface area (Å²) in [5.74, 6) is -0.497. The zero-order valence-electron chi connectivity index (χ0n) is 15.0. The number of carbonyl (C=O) groups excluding carboxylic acids is 1. The van der Waals surface area contributed by atoms with Gasteiger partial charge in [-0.2, -0.15) is 0 Å². The Morgan fingerprint density at radius 3 is 2.35 bits per heavy atom. The highest BCUT2D eigenvalue weighted by atomic mass is 32.2. The van der Waals surface area contributed by atoms with Gasteiger partial charge in [0.05, 0.1) is 17.6 Å². The molecule has 0 bridgehead atoms. The number of benzene rings is 2. The number of nitrogens with one attached hydrogen (secondary N) is 1. The summed E-state index contributed by atoms with van der Waals surface area (Å²) in [5, 5.41) is 0. The van der Waals surface area contributed by atoms with Crippen LogP contribution < -0.4 is 4.72 Å². The van der Waals surface area contributed by atoms with Gasteiger partial charge in [-0.15, -0.1) is 0 Å². The number of rotatable bonds is 9. The normalized spacial score (nSPS) is 11.5. The molecule has 6 nitrogen and oxygen atoms in total. The monoisotopic (exact) mass is 376 g/mol. The Labute approximate surface area is 154 Å². The molecule has 0 aliphatic rings. The van der Waals surface area contributed by atoms with Gasteiger partial charge in [0.25, 0.3) is 0 Å². The van der Waals surface area contributed by atoms with Crippen LogP contribution in [0.25, 0.3) is 0 Å². The number of carbonyl (C=O) groups is 1. The molecule has 0 aliphatic carbocycles. The van der Waals surface area contributed by atoms with Crippen molar-refractivity contribution in [3.63, 3.8) is 0 Å². The summed E-state index contributed by atoms with van der Waals surface area (Å²) in [6.07, 6.45) is 0.697. The summed E-state index contributed by atoms with van der Waals surface area (Å²) in [5.41, 5.74) is 1.54. The second kappa shape index (κ2) is 9.47. The molecule has 0 atom stereocenters. The lowest BCUT2D eigenvalue weighted by atomic mass is 10.2. The van der Waals surface area contributed by atoms with Crippen LogP contribution in [0, 0.1) is 0 Å². The van der Waals surface area contributed by atoms with Gasteiger partial charge in [-0.1, -0.05) is 30.3 Å². The topological polar surface area (TPSA) is 75.7 Å². The standard InChI is InChI=1S/C19H24N2O4S/c1-21(15-16-7-4-3-5-8-16)14-6-13-20-26(23,24)18-11-9-17(10-12-18)19(22)25-2/h3-5,7-12,20H,6,13-15H2,1-2H3. The molecule has 2 aromatic carbocycles. The third-order valence-corrected chi connectivity index (χ3v) is 5.37. The minimum absolute atomic E-state index is 0.128. The number of sulfonamides is 1. The first-order chi connectivity index (χ1) is 12.4. The number of hydrogen-bond acceptors (Lipinski definition) is 5. The third-order valence-electron chi connectivity index (χ3n) is 3.89. The van der Waals surface area contributed by atoms with E-state index in [2.05, 4.69) is 26.5 Å². The molecule has 0 spiro atoms. The fourth-order valence-corrected chi connectivity index (χ4v) is 3.58. The second-order valence-electron chi connectivity index (χ2n) is 5.99. The van der Waals surface area contributed by atoms with Crippen molar-refractivity contribution in [2.75, 3.05) is 27.2 Å². The van der Waals surface area contributed by atoms with Crippen LogP contribution in [-0.4, -0.2) is 46.5 Å². The molecule has 0 aliphatic heterocycles. The van der Waals surface area contributed by atoms with E-state index < -0.39 is 16.0 Å². The van der Waals surface area contributed by atoms with E-state index in [0.717, 1.165) is 13.1 Å². The predicted molar refractivity (Wildman–Crippen MR) is 100 cm³/mol. The van der Waals surface area contributed by atoms with E-state index in [1.54, 1.807) is 0 Å². The molecule has 2 aromatic rings. The molecule has 26 heavy (non-hydrogen) atoms. The van der Waals surface area contributed by atoms with Crippen LogP contribution in [-0.2, 0) is 21.3 Å².